The molecule has 0 aromatic carbocycles. The largest absolute Gasteiger partial charge is 0.364 e. The number of nitrogens with one attached hydrogen (secondary N) is 1. The molecule has 15 heavy (non-hydrogen) atoms. The average molecular weight is 207 g/mol. The zero-order valence-electron chi connectivity index (χ0n) is 8.35. The zero-order chi connectivity index (χ0) is 10.5. The monoisotopic (exact) mass is 207 g/mol. The van der Waals surface area contributed by atoms with Crippen molar-refractivity contribution in [3.63, 3.8) is 0 Å². The lowest BCUT2D eigenvalue weighted by molar-refractivity contribution is -0.115. The van der Waals surface area contributed by atoms with Gasteiger partial charge in [0.2, 0.25) is 0 Å². The van der Waals surface area contributed by atoms with Crippen molar-refractivity contribution in [3.05, 3.63) is 30.1 Å². The summed E-state index contributed by atoms with van der Waals surface area (Å²) >= 11 is 0. The van der Waals surface area contributed by atoms with E-state index in [-0.39, 0.29) is 5.97 Å². The highest BCUT2D eigenvalue weighted by atomic mass is 16.7. The van der Waals surface area contributed by atoms with E-state index in [0.717, 1.165) is 26.2 Å². The quantitative estimate of drug-likeness (QED) is 0.743. The molecule has 0 spiro atoms. The molecule has 1 aromatic rings. The molecular weight excluding hydrogens is 194 g/mol. The van der Waals surface area contributed by atoms with Crippen molar-refractivity contribution in [1.82, 2.24) is 15.4 Å². The molecule has 2 heterocycles. The summed E-state index contributed by atoms with van der Waals surface area (Å²) in [5.74, 6) is -0.343. The van der Waals surface area contributed by atoms with Crippen molar-refractivity contribution in [2.75, 3.05) is 26.2 Å². The number of piperazine rings is 1. The minimum Gasteiger partial charge on any atom is -0.364 e. The third-order valence-electron chi connectivity index (χ3n) is 2.19. The van der Waals surface area contributed by atoms with E-state index in [0.29, 0.717) is 5.56 Å². The molecule has 1 saturated heterocycles. The van der Waals surface area contributed by atoms with E-state index in [1.165, 1.54) is 6.20 Å². The Morgan fingerprint density at radius 3 is 2.93 bits per heavy atom. The number of carbonyl (C=O) groups excluding carboxylic acids is 1. The van der Waals surface area contributed by atoms with Gasteiger partial charge < -0.3 is 10.2 Å². The molecule has 2 rings (SSSR count). The average Bonchev–Trinajstić information content (AvgIpc) is 2.31. The maximum absolute atomic E-state index is 11.6. The van der Waals surface area contributed by atoms with Crippen LogP contribution < -0.4 is 5.32 Å². The second-order valence-corrected chi connectivity index (χ2v) is 3.30. The first kappa shape index (κ1) is 10.1. The molecule has 0 amide bonds. The van der Waals surface area contributed by atoms with Crippen LogP contribution in [0.15, 0.2) is 24.5 Å². The fraction of sp³-hybridized carbons (Fsp3) is 0.400. The summed E-state index contributed by atoms with van der Waals surface area (Å²) in [6.07, 6.45) is 3.13. The minimum atomic E-state index is -0.343. The van der Waals surface area contributed by atoms with Gasteiger partial charge in [-0.1, -0.05) is 0 Å². The maximum atomic E-state index is 11.6. The Labute approximate surface area is 88.0 Å². The molecule has 0 bridgehead atoms. The van der Waals surface area contributed by atoms with Gasteiger partial charge in [0.05, 0.1) is 5.56 Å². The predicted octanol–water partition coefficient (Wildman–Crippen LogP) is 0.0586. The van der Waals surface area contributed by atoms with Crippen molar-refractivity contribution in [3.8, 4) is 0 Å². The summed E-state index contributed by atoms with van der Waals surface area (Å²) in [5.41, 5.74) is 0.482. The number of rotatable bonds is 2. The number of nitrogens with zero attached hydrogens (tertiary/aromatic N) is 2. The van der Waals surface area contributed by atoms with Gasteiger partial charge in [-0.15, -0.1) is 5.06 Å². The molecule has 0 unspecified atom stereocenters. The van der Waals surface area contributed by atoms with Gasteiger partial charge in [0, 0.05) is 38.6 Å². The highest BCUT2D eigenvalue weighted by molar-refractivity contribution is 5.88. The Morgan fingerprint density at radius 2 is 2.27 bits per heavy atom. The molecule has 5 heteroatoms. The predicted molar refractivity (Wildman–Crippen MR) is 54.1 cm³/mol. The number of pyridine rings is 1. The number of hydrogen-bond acceptors (Lipinski definition) is 5. The van der Waals surface area contributed by atoms with Gasteiger partial charge in [-0.25, -0.2) is 4.79 Å². The number of aromatic nitrogens is 1. The number of carbonyl (C=O) groups is 1. The smallest absolute Gasteiger partial charge is 0.358 e. The molecule has 0 aliphatic carbocycles. The van der Waals surface area contributed by atoms with Gasteiger partial charge in [-0.05, 0) is 12.1 Å². The van der Waals surface area contributed by atoms with Crippen LogP contribution in [0, 0.1) is 0 Å². The van der Waals surface area contributed by atoms with Gasteiger partial charge in [0.1, 0.15) is 0 Å². The van der Waals surface area contributed by atoms with Crippen LogP contribution in [0.25, 0.3) is 0 Å². The molecule has 1 N–H and O–H groups in total. The third-order valence-corrected chi connectivity index (χ3v) is 2.19. The van der Waals surface area contributed by atoms with E-state index in [9.17, 15) is 4.79 Å². The van der Waals surface area contributed by atoms with Crippen LogP contribution in [-0.2, 0) is 4.84 Å². The Morgan fingerprint density at radius 1 is 1.47 bits per heavy atom. The van der Waals surface area contributed by atoms with E-state index < -0.39 is 0 Å². The van der Waals surface area contributed by atoms with E-state index in [4.69, 9.17) is 4.84 Å². The SMILES string of the molecule is O=C(ON1CCNCC1)c1cccnc1. The molecule has 5 nitrogen and oxygen atoms in total. The van der Waals surface area contributed by atoms with E-state index >= 15 is 0 Å². The topological polar surface area (TPSA) is 54.5 Å². The Bertz CT molecular complexity index is 323. The maximum Gasteiger partial charge on any atom is 0.358 e. The van der Waals surface area contributed by atoms with Crippen molar-refractivity contribution in [2.24, 2.45) is 0 Å². The fourth-order valence-corrected chi connectivity index (χ4v) is 1.39. The minimum absolute atomic E-state index is 0.343. The highest BCUT2D eigenvalue weighted by Gasteiger charge is 2.15. The summed E-state index contributed by atoms with van der Waals surface area (Å²) < 4.78 is 0. The second kappa shape index (κ2) is 4.86. The Balaban J connectivity index is 1.91. The fourth-order valence-electron chi connectivity index (χ4n) is 1.39. The molecule has 1 aliphatic heterocycles. The third kappa shape index (κ3) is 2.74. The standard InChI is InChI=1S/C10H13N3O2/c14-10(9-2-1-3-12-8-9)15-13-6-4-11-5-7-13/h1-3,8,11H,4-7H2. The molecule has 1 aliphatic rings. The number of hydrogen-bond donors (Lipinski definition) is 1. The normalized spacial score (nSPS) is 17.3. The van der Waals surface area contributed by atoms with Gasteiger partial charge in [0.15, 0.2) is 0 Å². The van der Waals surface area contributed by atoms with Crippen molar-refractivity contribution in [1.29, 1.82) is 0 Å². The lowest BCUT2D eigenvalue weighted by Gasteiger charge is -2.25. The van der Waals surface area contributed by atoms with Gasteiger partial charge in [-0.3, -0.25) is 4.98 Å². The molecular formula is C10H13N3O2. The van der Waals surface area contributed by atoms with Crippen LogP contribution in [0.3, 0.4) is 0 Å². The van der Waals surface area contributed by atoms with E-state index in [1.807, 2.05) is 0 Å². The lowest BCUT2D eigenvalue weighted by Crippen LogP contribution is -2.44. The van der Waals surface area contributed by atoms with Crippen molar-refractivity contribution >= 4 is 5.97 Å². The Kier molecular flexibility index (Phi) is 3.26. The summed E-state index contributed by atoms with van der Waals surface area (Å²) in [5, 5.41) is 4.85. The summed E-state index contributed by atoms with van der Waals surface area (Å²) in [4.78, 5) is 20.6. The van der Waals surface area contributed by atoms with E-state index in [1.54, 1.807) is 23.4 Å². The first-order valence-corrected chi connectivity index (χ1v) is 4.94. The van der Waals surface area contributed by atoms with Crippen LogP contribution >= 0.6 is 0 Å². The van der Waals surface area contributed by atoms with E-state index in [2.05, 4.69) is 10.3 Å². The second-order valence-electron chi connectivity index (χ2n) is 3.30. The van der Waals surface area contributed by atoms with Crippen LogP contribution in [0.1, 0.15) is 10.4 Å². The van der Waals surface area contributed by atoms with Crippen LogP contribution in [0.5, 0.6) is 0 Å². The van der Waals surface area contributed by atoms with Gasteiger partial charge in [-0.2, -0.15) is 0 Å². The van der Waals surface area contributed by atoms with Crippen LogP contribution in [0.4, 0.5) is 0 Å². The van der Waals surface area contributed by atoms with Crippen molar-refractivity contribution < 1.29 is 9.63 Å². The Hall–Kier alpha value is -1.46. The van der Waals surface area contributed by atoms with Gasteiger partial charge >= 0.3 is 5.97 Å². The molecule has 0 atom stereocenters. The first-order chi connectivity index (χ1) is 7.36. The molecule has 0 saturated carbocycles. The molecule has 80 valence electrons. The summed E-state index contributed by atoms with van der Waals surface area (Å²) in [7, 11) is 0. The molecule has 1 fully saturated rings. The molecule has 0 radical (unpaired) electrons. The lowest BCUT2D eigenvalue weighted by atomic mass is 10.3. The van der Waals surface area contributed by atoms with Crippen molar-refractivity contribution in [2.45, 2.75) is 0 Å². The van der Waals surface area contributed by atoms with Crippen LogP contribution in [-0.4, -0.2) is 42.2 Å². The van der Waals surface area contributed by atoms with Crippen LogP contribution in [0.2, 0.25) is 0 Å². The highest BCUT2D eigenvalue weighted by Crippen LogP contribution is 2.02. The number of hydroxylamine groups is 2. The molecule has 1 aromatic heterocycles. The van der Waals surface area contributed by atoms with Gasteiger partial charge in [0.25, 0.3) is 0 Å². The first-order valence-electron chi connectivity index (χ1n) is 4.94. The summed E-state index contributed by atoms with van der Waals surface area (Å²) in [6.45, 7) is 3.15. The zero-order valence-corrected chi connectivity index (χ0v) is 8.35. The summed E-state index contributed by atoms with van der Waals surface area (Å²) in [6, 6.07) is 3.41.